The Balaban J connectivity index is 1.81. The normalized spacial score (nSPS) is 13.4. The van der Waals surface area contributed by atoms with E-state index in [0.717, 1.165) is 56.9 Å². The molecule has 170 valence electrons. The number of carbonyl (C=O) groups excluding carboxylic acids is 1. The number of fused-ring (bicyclic) bond motifs is 3. The number of amides is 1. The van der Waals surface area contributed by atoms with Gasteiger partial charge in [0.25, 0.3) is 5.56 Å². The minimum absolute atomic E-state index is 0.0223. The first-order valence-corrected chi connectivity index (χ1v) is 13.0. The van der Waals surface area contributed by atoms with Crippen LogP contribution in [-0.2, 0) is 17.8 Å². The van der Waals surface area contributed by atoms with Crippen LogP contribution in [0.4, 0.5) is 0 Å². The topological polar surface area (TPSA) is 64.4 Å². The molecular weight excluding hydrogens is 442 g/mol. The zero-order valence-electron chi connectivity index (χ0n) is 18.8. The number of aromatic nitrogens is 2. The van der Waals surface area contributed by atoms with Crippen LogP contribution in [0.3, 0.4) is 0 Å². The zero-order chi connectivity index (χ0) is 22.7. The predicted octanol–water partition coefficient (Wildman–Crippen LogP) is 5.03. The molecule has 2 aromatic heterocycles. The molecule has 3 heterocycles. The molecule has 1 aliphatic rings. The van der Waals surface area contributed by atoms with E-state index >= 15 is 0 Å². The highest BCUT2D eigenvalue weighted by molar-refractivity contribution is 7.99. The van der Waals surface area contributed by atoms with Gasteiger partial charge in [0.05, 0.1) is 24.2 Å². The first kappa shape index (κ1) is 22.9. The number of thiophene rings is 1. The fourth-order valence-corrected chi connectivity index (χ4v) is 6.28. The summed E-state index contributed by atoms with van der Waals surface area (Å²) in [5.41, 5.74) is 1.83. The molecule has 0 N–H and O–H groups in total. The second-order valence-corrected chi connectivity index (χ2v) is 10.0. The van der Waals surface area contributed by atoms with Crippen LogP contribution in [0.1, 0.15) is 50.5 Å². The number of rotatable bonds is 8. The monoisotopic (exact) mass is 471 g/mol. The Morgan fingerprint density at radius 2 is 2.00 bits per heavy atom. The Morgan fingerprint density at radius 3 is 2.69 bits per heavy atom. The van der Waals surface area contributed by atoms with Crippen molar-refractivity contribution in [3.8, 4) is 11.4 Å². The van der Waals surface area contributed by atoms with Crippen molar-refractivity contribution in [2.24, 2.45) is 0 Å². The minimum atomic E-state index is -0.0223. The van der Waals surface area contributed by atoms with Crippen molar-refractivity contribution in [1.29, 1.82) is 0 Å². The van der Waals surface area contributed by atoms with Gasteiger partial charge >= 0.3 is 0 Å². The molecule has 0 fully saturated rings. The van der Waals surface area contributed by atoms with Gasteiger partial charge in [-0.2, -0.15) is 0 Å². The van der Waals surface area contributed by atoms with E-state index in [0.29, 0.717) is 31.5 Å². The molecular formula is C24H29N3O3S2. The zero-order valence-corrected chi connectivity index (χ0v) is 20.5. The summed E-state index contributed by atoms with van der Waals surface area (Å²) in [5, 5.41) is 1.43. The smallest absolute Gasteiger partial charge is 0.267 e. The highest BCUT2D eigenvalue weighted by Crippen LogP contribution is 2.34. The first-order valence-electron chi connectivity index (χ1n) is 11.2. The fraction of sp³-hybridized carbons (Fsp3) is 0.458. The van der Waals surface area contributed by atoms with Crippen LogP contribution in [-0.4, -0.2) is 39.3 Å². The van der Waals surface area contributed by atoms with E-state index in [-0.39, 0.29) is 11.5 Å². The number of nitrogens with zero attached hydrogens (tertiary/aromatic N) is 3. The van der Waals surface area contributed by atoms with Gasteiger partial charge in [0.1, 0.15) is 10.6 Å². The number of hydrogen-bond donors (Lipinski definition) is 0. The summed E-state index contributed by atoms with van der Waals surface area (Å²) in [6, 6.07) is 7.64. The lowest BCUT2D eigenvalue weighted by Crippen LogP contribution is -2.34. The maximum atomic E-state index is 13.8. The number of unbranched alkanes of at least 4 members (excludes halogenated alkanes) is 2. The SMILES string of the molecule is CCCCCSc1nc2sc3c(c2c(=O)n1-c1ccc(OCC)cc1)CCN(C(C)=O)C3. The summed E-state index contributed by atoms with van der Waals surface area (Å²) in [4.78, 5) is 34.3. The molecule has 1 amide bonds. The third-order valence-corrected chi connectivity index (χ3v) is 7.81. The standard InChI is InChI=1S/C24H29N3O3S2/c1-4-6-7-14-31-24-25-22-21(19-12-13-26(16(3)28)15-20(19)32-22)23(29)27(24)17-8-10-18(11-9-17)30-5-2/h8-11H,4-7,12-15H2,1-3H3. The summed E-state index contributed by atoms with van der Waals surface area (Å²) in [6.45, 7) is 7.54. The summed E-state index contributed by atoms with van der Waals surface area (Å²) in [7, 11) is 0. The molecule has 0 atom stereocenters. The van der Waals surface area contributed by atoms with Crippen LogP contribution in [0.2, 0.25) is 0 Å². The lowest BCUT2D eigenvalue weighted by molar-refractivity contribution is -0.129. The molecule has 1 aromatic carbocycles. The minimum Gasteiger partial charge on any atom is -0.494 e. The molecule has 1 aliphatic heterocycles. The number of carbonyl (C=O) groups is 1. The fourth-order valence-electron chi connectivity index (χ4n) is 3.99. The van der Waals surface area contributed by atoms with Crippen LogP contribution in [0.5, 0.6) is 5.75 Å². The number of thioether (sulfide) groups is 1. The first-order chi connectivity index (χ1) is 15.5. The summed E-state index contributed by atoms with van der Waals surface area (Å²) < 4.78 is 7.32. The van der Waals surface area contributed by atoms with Crippen molar-refractivity contribution in [3.05, 3.63) is 45.1 Å². The van der Waals surface area contributed by atoms with Gasteiger partial charge in [-0.25, -0.2) is 4.98 Å². The van der Waals surface area contributed by atoms with Crippen LogP contribution in [0.15, 0.2) is 34.2 Å². The quantitative estimate of drug-likeness (QED) is 0.262. The Kier molecular flexibility index (Phi) is 7.20. The molecule has 3 aromatic rings. The van der Waals surface area contributed by atoms with Gasteiger partial charge in [0.2, 0.25) is 5.91 Å². The van der Waals surface area contributed by atoms with E-state index in [1.54, 1.807) is 34.6 Å². The van der Waals surface area contributed by atoms with Gasteiger partial charge in [0.15, 0.2) is 5.16 Å². The number of ether oxygens (including phenoxy) is 1. The van der Waals surface area contributed by atoms with Crippen LogP contribution < -0.4 is 10.3 Å². The van der Waals surface area contributed by atoms with Crippen molar-refractivity contribution in [2.45, 2.75) is 58.2 Å². The summed E-state index contributed by atoms with van der Waals surface area (Å²) in [6.07, 6.45) is 4.10. The molecule has 0 unspecified atom stereocenters. The van der Waals surface area contributed by atoms with E-state index in [4.69, 9.17) is 9.72 Å². The second-order valence-electron chi connectivity index (χ2n) is 7.89. The molecule has 6 nitrogen and oxygen atoms in total. The molecule has 8 heteroatoms. The molecule has 0 bridgehead atoms. The van der Waals surface area contributed by atoms with Crippen molar-refractivity contribution < 1.29 is 9.53 Å². The molecule has 0 saturated heterocycles. The average molecular weight is 472 g/mol. The Bertz CT molecular complexity index is 1170. The second kappa shape index (κ2) is 10.1. The highest BCUT2D eigenvalue weighted by Gasteiger charge is 2.26. The molecule has 32 heavy (non-hydrogen) atoms. The van der Waals surface area contributed by atoms with E-state index in [9.17, 15) is 9.59 Å². The van der Waals surface area contributed by atoms with Crippen LogP contribution in [0, 0.1) is 0 Å². The number of hydrogen-bond acceptors (Lipinski definition) is 6. The number of benzene rings is 1. The third kappa shape index (κ3) is 4.57. The van der Waals surface area contributed by atoms with Crippen molar-refractivity contribution >= 4 is 39.2 Å². The molecule has 0 spiro atoms. The maximum absolute atomic E-state index is 13.8. The molecule has 4 rings (SSSR count). The van der Waals surface area contributed by atoms with Gasteiger partial charge < -0.3 is 9.64 Å². The lowest BCUT2D eigenvalue weighted by atomic mass is 10.1. The molecule has 0 saturated carbocycles. The van der Waals surface area contributed by atoms with Crippen LogP contribution in [0.25, 0.3) is 15.9 Å². The van der Waals surface area contributed by atoms with Gasteiger partial charge in [-0.1, -0.05) is 31.5 Å². The summed E-state index contributed by atoms with van der Waals surface area (Å²) in [5.74, 6) is 1.78. The van der Waals surface area contributed by atoms with E-state index in [1.165, 1.54) is 0 Å². The van der Waals surface area contributed by atoms with Gasteiger partial charge in [-0.15, -0.1) is 11.3 Å². The Morgan fingerprint density at radius 1 is 1.22 bits per heavy atom. The highest BCUT2D eigenvalue weighted by atomic mass is 32.2. The van der Waals surface area contributed by atoms with E-state index < -0.39 is 0 Å². The molecule has 0 radical (unpaired) electrons. The largest absolute Gasteiger partial charge is 0.494 e. The van der Waals surface area contributed by atoms with Crippen molar-refractivity contribution in [1.82, 2.24) is 14.5 Å². The van der Waals surface area contributed by atoms with Crippen molar-refractivity contribution in [2.75, 3.05) is 18.9 Å². The maximum Gasteiger partial charge on any atom is 0.267 e. The van der Waals surface area contributed by atoms with Crippen molar-refractivity contribution in [3.63, 3.8) is 0 Å². The van der Waals surface area contributed by atoms with Gasteiger partial charge in [-0.05, 0) is 49.6 Å². The van der Waals surface area contributed by atoms with E-state index in [2.05, 4.69) is 6.92 Å². The van der Waals surface area contributed by atoms with Crippen LogP contribution >= 0.6 is 23.1 Å². The summed E-state index contributed by atoms with van der Waals surface area (Å²) >= 11 is 3.19. The Hall–Kier alpha value is -2.32. The molecule has 0 aliphatic carbocycles. The average Bonchev–Trinajstić information content (AvgIpc) is 3.15. The van der Waals surface area contributed by atoms with Gasteiger partial charge in [-0.3, -0.25) is 14.2 Å². The van der Waals surface area contributed by atoms with Gasteiger partial charge in [0, 0.05) is 24.1 Å². The lowest BCUT2D eigenvalue weighted by Gasteiger charge is -2.25. The third-order valence-electron chi connectivity index (χ3n) is 5.67. The van der Waals surface area contributed by atoms with E-state index in [1.807, 2.05) is 36.1 Å². The predicted molar refractivity (Wildman–Crippen MR) is 131 cm³/mol. The Labute approximate surface area is 196 Å².